The first kappa shape index (κ1) is 11.3. The molecule has 0 spiro atoms. The molecule has 0 saturated carbocycles. The number of rotatable bonds is 3. The minimum Gasteiger partial charge on any atom is -0.507 e. The molecule has 0 atom stereocenters. The molecule has 0 heterocycles. The van der Waals surface area contributed by atoms with Crippen molar-refractivity contribution < 1.29 is 9.84 Å². The fraction of sp³-hybridized carbons (Fsp3) is 0.0667. The number of hydrogen-bond donors (Lipinski definition) is 1. The van der Waals surface area contributed by atoms with Crippen LogP contribution in [0.3, 0.4) is 0 Å². The molecule has 1 N–H and O–H groups in total. The largest absolute Gasteiger partial charge is 0.507 e. The Balaban J connectivity index is 2.17. The molecule has 0 bridgehead atoms. The zero-order valence-electron chi connectivity index (χ0n) is 9.63. The summed E-state index contributed by atoms with van der Waals surface area (Å²) < 4.78 is 5.09. The summed E-state index contributed by atoms with van der Waals surface area (Å²) in [5.74, 6) is 1.13. The van der Waals surface area contributed by atoms with Crippen LogP contribution in [0.4, 0.5) is 0 Å². The minimum atomic E-state index is 0.289. The average molecular weight is 226 g/mol. The Morgan fingerprint density at radius 3 is 2.29 bits per heavy atom. The van der Waals surface area contributed by atoms with Crippen molar-refractivity contribution >= 4 is 12.2 Å². The van der Waals surface area contributed by atoms with Gasteiger partial charge in [0.15, 0.2) is 0 Å². The van der Waals surface area contributed by atoms with Crippen LogP contribution in [0.2, 0.25) is 0 Å². The third kappa shape index (κ3) is 2.88. The van der Waals surface area contributed by atoms with Gasteiger partial charge in [-0.1, -0.05) is 42.5 Å². The van der Waals surface area contributed by atoms with Gasteiger partial charge in [0.2, 0.25) is 0 Å². The van der Waals surface area contributed by atoms with Gasteiger partial charge in [-0.05, 0) is 23.8 Å². The Labute approximate surface area is 101 Å². The van der Waals surface area contributed by atoms with E-state index in [-0.39, 0.29) is 5.75 Å². The van der Waals surface area contributed by atoms with Crippen molar-refractivity contribution in [1.29, 1.82) is 0 Å². The fourth-order valence-electron chi connectivity index (χ4n) is 1.53. The van der Waals surface area contributed by atoms with Crippen LogP contribution in [0.1, 0.15) is 11.1 Å². The molecule has 0 aliphatic rings. The summed E-state index contributed by atoms with van der Waals surface area (Å²) in [5, 5.41) is 9.60. The summed E-state index contributed by atoms with van der Waals surface area (Å²) in [6.07, 6.45) is 3.84. The molecule has 0 aliphatic heterocycles. The first-order valence-corrected chi connectivity index (χ1v) is 5.40. The third-order valence-corrected chi connectivity index (χ3v) is 2.51. The summed E-state index contributed by atoms with van der Waals surface area (Å²) >= 11 is 0. The number of benzene rings is 2. The van der Waals surface area contributed by atoms with Gasteiger partial charge in [0.25, 0.3) is 0 Å². The third-order valence-electron chi connectivity index (χ3n) is 2.51. The molecule has 0 saturated heterocycles. The van der Waals surface area contributed by atoms with Crippen LogP contribution in [0.5, 0.6) is 11.5 Å². The molecule has 0 amide bonds. The van der Waals surface area contributed by atoms with Crippen molar-refractivity contribution in [2.75, 3.05) is 7.11 Å². The average Bonchev–Trinajstić information content (AvgIpc) is 2.38. The summed E-state index contributed by atoms with van der Waals surface area (Å²) in [5.41, 5.74) is 1.87. The molecule has 2 aromatic rings. The topological polar surface area (TPSA) is 29.5 Å². The second-order valence-corrected chi connectivity index (χ2v) is 3.67. The first-order valence-electron chi connectivity index (χ1n) is 5.40. The van der Waals surface area contributed by atoms with Crippen LogP contribution < -0.4 is 4.74 Å². The maximum Gasteiger partial charge on any atom is 0.122 e. The van der Waals surface area contributed by atoms with E-state index in [0.717, 1.165) is 16.9 Å². The van der Waals surface area contributed by atoms with Crippen molar-refractivity contribution in [3.8, 4) is 11.5 Å². The number of phenolic OH excluding ortho intramolecular Hbond substituents is 1. The normalized spacial score (nSPS) is 10.6. The predicted octanol–water partition coefficient (Wildman–Crippen LogP) is 3.57. The van der Waals surface area contributed by atoms with E-state index in [0.29, 0.717) is 0 Å². The molecular weight excluding hydrogens is 212 g/mol. The van der Waals surface area contributed by atoms with Crippen molar-refractivity contribution in [3.05, 3.63) is 59.7 Å². The molecule has 17 heavy (non-hydrogen) atoms. The highest BCUT2D eigenvalue weighted by atomic mass is 16.5. The second-order valence-electron chi connectivity index (χ2n) is 3.67. The van der Waals surface area contributed by atoms with E-state index >= 15 is 0 Å². The molecule has 2 heteroatoms. The number of aromatic hydroxyl groups is 1. The van der Waals surface area contributed by atoms with Crippen LogP contribution in [-0.2, 0) is 0 Å². The van der Waals surface area contributed by atoms with Crippen LogP contribution in [0.15, 0.2) is 48.5 Å². The Kier molecular flexibility index (Phi) is 3.46. The summed E-state index contributed by atoms with van der Waals surface area (Å²) in [6, 6.07) is 15.0. The zero-order valence-corrected chi connectivity index (χ0v) is 9.63. The fourth-order valence-corrected chi connectivity index (χ4v) is 1.53. The maximum absolute atomic E-state index is 9.60. The highest BCUT2D eigenvalue weighted by Gasteiger charge is 1.94. The van der Waals surface area contributed by atoms with Gasteiger partial charge in [-0.15, -0.1) is 0 Å². The summed E-state index contributed by atoms with van der Waals surface area (Å²) in [6.45, 7) is 0. The lowest BCUT2D eigenvalue weighted by molar-refractivity contribution is 0.415. The SMILES string of the molecule is COc1ccc(/C=C/c2ccccc2O)cc1. The second kappa shape index (κ2) is 5.21. The van der Waals surface area contributed by atoms with Gasteiger partial charge in [0, 0.05) is 5.56 Å². The molecule has 0 aromatic heterocycles. The van der Waals surface area contributed by atoms with E-state index < -0.39 is 0 Å². The van der Waals surface area contributed by atoms with Crippen molar-refractivity contribution in [3.63, 3.8) is 0 Å². The van der Waals surface area contributed by atoms with Gasteiger partial charge in [0.1, 0.15) is 11.5 Å². The maximum atomic E-state index is 9.60. The van der Waals surface area contributed by atoms with Crippen LogP contribution in [-0.4, -0.2) is 12.2 Å². The number of hydrogen-bond acceptors (Lipinski definition) is 2. The van der Waals surface area contributed by atoms with E-state index in [1.54, 1.807) is 19.2 Å². The van der Waals surface area contributed by atoms with Crippen LogP contribution in [0, 0.1) is 0 Å². The van der Waals surface area contributed by atoms with Gasteiger partial charge >= 0.3 is 0 Å². The van der Waals surface area contributed by atoms with E-state index in [1.165, 1.54) is 0 Å². The molecule has 86 valence electrons. The summed E-state index contributed by atoms with van der Waals surface area (Å²) in [4.78, 5) is 0. The van der Waals surface area contributed by atoms with Gasteiger partial charge in [-0.3, -0.25) is 0 Å². The Morgan fingerprint density at radius 1 is 0.941 bits per heavy atom. The molecule has 2 aromatic carbocycles. The number of para-hydroxylation sites is 1. The lowest BCUT2D eigenvalue weighted by Gasteiger charge is -2.00. The molecule has 2 rings (SSSR count). The standard InChI is InChI=1S/C15H14O2/c1-17-14-10-7-12(8-11-14)6-9-13-4-2-3-5-15(13)16/h2-11,16H,1H3/b9-6+. The van der Waals surface area contributed by atoms with Crippen molar-refractivity contribution in [2.45, 2.75) is 0 Å². The Morgan fingerprint density at radius 2 is 1.65 bits per heavy atom. The number of ether oxygens (including phenoxy) is 1. The van der Waals surface area contributed by atoms with E-state index in [1.807, 2.05) is 48.6 Å². The van der Waals surface area contributed by atoms with Gasteiger partial charge in [-0.2, -0.15) is 0 Å². The van der Waals surface area contributed by atoms with Gasteiger partial charge < -0.3 is 9.84 Å². The highest BCUT2D eigenvalue weighted by molar-refractivity contribution is 5.72. The Hall–Kier alpha value is -2.22. The van der Waals surface area contributed by atoms with E-state index in [4.69, 9.17) is 4.74 Å². The quantitative estimate of drug-likeness (QED) is 0.811. The molecular formula is C15H14O2. The van der Waals surface area contributed by atoms with Crippen LogP contribution >= 0.6 is 0 Å². The minimum absolute atomic E-state index is 0.289. The number of methoxy groups -OCH3 is 1. The smallest absolute Gasteiger partial charge is 0.122 e. The highest BCUT2D eigenvalue weighted by Crippen LogP contribution is 2.19. The van der Waals surface area contributed by atoms with Gasteiger partial charge in [0.05, 0.1) is 7.11 Å². The predicted molar refractivity (Wildman–Crippen MR) is 70.0 cm³/mol. The monoisotopic (exact) mass is 226 g/mol. The number of phenols is 1. The van der Waals surface area contributed by atoms with Crippen molar-refractivity contribution in [2.24, 2.45) is 0 Å². The molecule has 0 fully saturated rings. The summed E-state index contributed by atoms with van der Waals surface area (Å²) in [7, 11) is 1.65. The Bertz CT molecular complexity index is 513. The zero-order chi connectivity index (χ0) is 12.1. The lowest BCUT2D eigenvalue weighted by Crippen LogP contribution is -1.81. The lowest BCUT2D eigenvalue weighted by atomic mass is 10.1. The first-order chi connectivity index (χ1) is 8.29. The van der Waals surface area contributed by atoms with E-state index in [2.05, 4.69) is 0 Å². The van der Waals surface area contributed by atoms with E-state index in [9.17, 15) is 5.11 Å². The van der Waals surface area contributed by atoms with Crippen LogP contribution in [0.25, 0.3) is 12.2 Å². The molecule has 0 unspecified atom stereocenters. The molecule has 2 nitrogen and oxygen atoms in total. The van der Waals surface area contributed by atoms with Gasteiger partial charge in [-0.25, -0.2) is 0 Å². The molecule has 0 radical (unpaired) electrons. The molecule has 0 aliphatic carbocycles. The van der Waals surface area contributed by atoms with Crippen molar-refractivity contribution in [1.82, 2.24) is 0 Å².